The zero-order valence-corrected chi connectivity index (χ0v) is 27.2. The number of methoxy groups -OCH3 is 1. The van der Waals surface area contributed by atoms with Gasteiger partial charge in [0.25, 0.3) is 0 Å². The summed E-state index contributed by atoms with van der Waals surface area (Å²) in [5, 5.41) is 7.86. The van der Waals surface area contributed by atoms with E-state index in [4.69, 9.17) is 4.74 Å². The van der Waals surface area contributed by atoms with Crippen molar-refractivity contribution >= 4 is 34.6 Å². The molecule has 4 aromatic rings. The van der Waals surface area contributed by atoms with Gasteiger partial charge in [0.15, 0.2) is 11.0 Å². The minimum absolute atomic E-state index is 0.0559. The van der Waals surface area contributed by atoms with Gasteiger partial charge >= 0.3 is 12.4 Å². The number of carbonyl (C=O) groups is 2. The Hall–Kier alpha value is -4.85. The molecule has 0 bridgehead atoms. The SMILES string of the molecule is COc1ccc(N2C(=O)CS/C2=N\C(=O)NC2CCC(c3ccc(-c4ncn(-c5ccc(OC(F)(F)F)cc5)n4)cc3)C2)c(C(C)C)c1. The van der Waals surface area contributed by atoms with Crippen LogP contribution in [0.3, 0.4) is 0 Å². The van der Waals surface area contributed by atoms with Crippen LogP contribution in [0.25, 0.3) is 17.1 Å². The van der Waals surface area contributed by atoms with Crippen molar-refractivity contribution in [2.45, 2.75) is 57.3 Å². The molecule has 2 heterocycles. The van der Waals surface area contributed by atoms with E-state index in [-0.39, 0.29) is 35.3 Å². The Morgan fingerprint density at radius 1 is 1.04 bits per heavy atom. The molecule has 0 spiro atoms. The van der Waals surface area contributed by atoms with Crippen LogP contribution < -0.4 is 19.7 Å². The smallest absolute Gasteiger partial charge is 0.497 e. The Morgan fingerprint density at radius 3 is 2.46 bits per heavy atom. The number of halogens is 3. The number of nitrogens with one attached hydrogen (secondary N) is 1. The third-order valence-corrected chi connectivity index (χ3v) is 9.21. The van der Waals surface area contributed by atoms with Gasteiger partial charge in [0.1, 0.15) is 17.8 Å². The molecule has 2 unspecified atom stereocenters. The van der Waals surface area contributed by atoms with Crippen LogP contribution >= 0.6 is 11.8 Å². The standard InChI is InChI=1S/C34H33F3N6O4S/c1-20(2)28-17-27(46-3)14-15-29(28)43-30(44)18-48-33(43)40-32(45)39-24-9-8-23(16-24)21-4-6-22(7-5-21)31-38-19-42(41-31)25-10-12-26(13-11-25)47-34(35,36)37/h4-7,10-15,17,19-20,23-24H,8-9,16,18H2,1-3H3,(H,39,45)/b40-33-. The normalized spacial score (nSPS) is 18.9. The van der Waals surface area contributed by atoms with Crippen LogP contribution in [-0.4, -0.2) is 57.1 Å². The van der Waals surface area contributed by atoms with Gasteiger partial charge < -0.3 is 14.8 Å². The number of benzene rings is 3. The predicted octanol–water partition coefficient (Wildman–Crippen LogP) is 7.45. The van der Waals surface area contributed by atoms with E-state index in [1.165, 1.54) is 51.9 Å². The number of aliphatic imine (C=N–C) groups is 1. The van der Waals surface area contributed by atoms with Crippen LogP contribution in [0.2, 0.25) is 0 Å². The summed E-state index contributed by atoms with van der Waals surface area (Å²) in [6.07, 6.45) is -0.816. The summed E-state index contributed by atoms with van der Waals surface area (Å²) in [6.45, 7) is 4.08. The van der Waals surface area contributed by atoms with Crippen molar-refractivity contribution in [2.75, 3.05) is 17.8 Å². The maximum absolute atomic E-state index is 13.0. The quantitative estimate of drug-likeness (QED) is 0.206. The van der Waals surface area contributed by atoms with Gasteiger partial charge in [0.05, 0.1) is 24.2 Å². The maximum Gasteiger partial charge on any atom is 0.573 e. The first-order valence-electron chi connectivity index (χ1n) is 15.4. The first-order chi connectivity index (χ1) is 23.0. The van der Waals surface area contributed by atoms with E-state index in [1.54, 1.807) is 13.2 Å². The molecule has 6 rings (SSSR count). The summed E-state index contributed by atoms with van der Waals surface area (Å²) in [7, 11) is 1.60. The molecule has 1 N–H and O–H groups in total. The highest BCUT2D eigenvalue weighted by Gasteiger charge is 2.34. The number of amides is 3. The summed E-state index contributed by atoms with van der Waals surface area (Å²) < 4.78 is 48.1. The van der Waals surface area contributed by atoms with Crippen LogP contribution in [0, 0.1) is 0 Å². The Morgan fingerprint density at radius 2 is 1.77 bits per heavy atom. The van der Waals surface area contributed by atoms with E-state index in [9.17, 15) is 22.8 Å². The van der Waals surface area contributed by atoms with Gasteiger partial charge in [-0.2, -0.15) is 4.99 Å². The zero-order valence-electron chi connectivity index (χ0n) is 26.4. The molecule has 1 aliphatic carbocycles. The number of hydrogen-bond donors (Lipinski definition) is 1. The fraction of sp³-hybridized carbons (Fsp3) is 0.324. The maximum atomic E-state index is 13.0. The van der Waals surface area contributed by atoms with E-state index >= 15 is 0 Å². The molecule has 2 fully saturated rings. The lowest BCUT2D eigenvalue weighted by Gasteiger charge is -2.22. The number of aromatic nitrogens is 3. The highest BCUT2D eigenvalue weighted by molar-refractivity contribution is 8.15. The van der Waals surface area contributed by atoms with E-state index in [0.717, 1.165) is 36.0 Å². The average Bonchev–Trinajstić information content (AvgIpc) is 3.81. The number of rotatable bonds is 8. The number of thioether (sulfide) groups is 1. The summed E-state index contributed by atoms with van der Waals surface area (Å²) in [5.74, 6) is 1.30. The van der Waals surface area contributed by atoms with Crippen molar-refractivity contribution < 1.29 is 32.2 Å². The average molecular weight is 679 g/mol. The molecule has 3 amide bonds. The van der Waals surface area contributed by atoms with Crippen LogP contribution in [0.4, 0.5) is 23.7 Å². The van der Waals surface area contributed by atoms with Crippen LogP contribution in [0.5, 0.6) is 11.5 Å². The summed E-state index contributed by atoms with van der Waals surface area (Å²) in [6, 6.07) is 18.3. The number of alkyl halides is 3. The van der Waals surface area contributed by atoms with E-state index < -0.39 is 12.4 Å². The Labute approximate surface area is 279 Å². The van der Waals surface area contributed by atoms with Crippen molar-refractivity contribution in [1.82, 2.24) is 20.1 Å². The van der Waals surface area contributed by atoms with Gasteiger partial charge in [-0.3, -0.25) is 9.69 Å². The summed E-state index contributed by atoms with van der Waals surface area (Å²) in [4.78, 5) is 36.1. The van der Waals surface area contributed by atoms with Gasteiger partial charge in [0, 0.05) is 11.6 Å². The Kier molecular flexibility index (Phi) is 9.45. The van der Waals surface area contributed by atoms with Gasteiger partial charge in [-0.05, 0) is 84.7 Å². The molecule has 1 aliphatic heterocycles. The molecule has 14 heteroatoms. The molecule has 250 valence electrons. The number of urea groups is 1. The van der Waals surface area contributed by atoms with Crippen molar-refractivity contribution in [3.63, 3.8) is 0 Å². The largest absolute Gasteiger partial charge is 0.573 e. The van der Waals surface area contributed by atoms with Crippen molar-refractivity contribution in [3.05, 3.63) is 84.2 Å². The minimum atomic E-state index is -4.76. The first kappa shape index (κ1) is 33.1. The highest BCUT2D eigenvalue weighted by atomic mass is 32.2. The number of ether oxygens (including phenoxy) is 2. The van der Waals surface area contributed by atoms with Gasteiger partial charge in [-0.1, -0.05) is 49.9 Å². The molecule has 3 aromatic carbocycles. The second-order valence-electron chi connectivity index (χ2n) is 11.8. The molecule has 1 saturated heterocycles. The lowest BCUT2D eigenvalue weighted by Crippen LogP contribution is -2.34. The second kappa shape index (κ2) is 13.7. The highest BCUT2D eigenvalue weighted by Crippen LogP contribution is 2.37. The lowest BCUT2D eigenvalue weighted by atomic mass is 9.96. The van der Waals surface area contributed by atoms with Crippen LogP contribution in [0.15, 0.2) is 78.0 Å². The molecule has 48 heavy (non-hydrogen) atoms. The number of carbonyl (C=O) groups excluding carboxylic acids is 2. The fourth-order valence-electron chi connectivity index (χ4n) is 5.94. The number of hydrogen-bond acceptors (Lipinski definition) is 7. The molecular weight excluding hydrogens is 645 g/mol. The van der Waals surface area contributed by atoms with Gasteiger partial charge in [-0.25, -0.2) is 14.5 Å². The lowest BCUT2D eigenvalue weighted by molar-refractivity contribution is -0.274. The minimum Gasteiger partial charge on any atom is -0.497 e. The fourth-order valence-corrected chi connectivity index (χ4v) is 6.80. The summed E-state index contributed by atoms with van der Waals surface area (Å²) in [5.41, 5.74) is 4.09. The van der Waals surface area contributed by atoms with Crippen LogP contribution in [-0.2, 0) is 4.79 Å². The Bertz CT molecular complexity index is 1830. The number of amidine groups is 1. The zero-order chi connectivity index (χ0) is 34.0. The third kappa shape index (κ3) is 7.48. The van der Waals surface area contributed by atoms with E-state index in [1.807, 2.05) is 50.2 Å². The second-order valence-corrected chi connectivity index (χ2v) is 12.8. The van der Waals surface area contributed by atoms with Gasteiger partial charge in [0.2, 0.25) is 5.91 Å². The molecular formula is C34H33F3N6O4S. The molecule has 2 aliphatic rings. The predicted molar refractivity (Wildman–Crippen MR) is 177 cm³/mol. The van der Waals surface area contributed by atoms with Crippen molar-refractivity contribution in [2.24, 2.45) is 4.99 Å². The molecule has 10 nitrogen and oxygen atoms in total. The molecule has 1 aromatic heterocycles. The molecule has 2 atom stereocenters. The van der Waals surface area contributed by atoms with Gasteiger partial charge in [-0.15, -0.1) is 18.3 Å². The number of anilines is 1. The van der Waals surface area contributed by atoms with Crippen molar-refractivity contribution in [3.8, 4) is 28.6 Å². The molecule has 0 radical (unpaired) electrons. The summed E-state index contributed by atoms with van der Waals surface area (Å²) >= 11 is 1.25. The third-order valence-electron chi connectivity index (χ3n) is 8.29. The Balaban J connectivity index is 1.07. The molecule has 1 saturated carbocycles. The number of nitrogens with zero attached hydrogens (tertiary/aromatic N) is 5. The van der Waals surface area contributed by atoms with Crippen molar-refractivity contribution in [1.29, 1.82) is 0 Å². The van der Waals surface area contributed by atoms with E-state index in [2.05, 4.69) is 25.1 Å². The van der Waals surface area contributed by atoms with Crippen LogP contribution in [0.1, 0.15) is 56.1 Å². The monoisotopic (exact) mass is 678 g/mol. The van der Waals surface area contributed by atoms with E-state index in [0.29, 0.717) is 28.1 Å². The first-order valence-corrected chi connectivity index (χ1v) is 16.4. The topological polar surface area (TPSA) is 111 Å².